The Hall–Kier alpha value is -1.36. The molecule has 0 unspecified atom stereocenters. The van der Waals surface area contributed by atoms with Crippen molar-refractivity contribution in [2.75, 3.05) is 7.05 Å². The third kappa shape index (κ3) is 2.61. The Labute approximate surface area is 100 Å². The van der Waals surface area contributed by atoms with E-state index in [9.17, 15) is 0 Å². The van der Waals surface area contributed by atoms with Crippen LogP contribution in [-0.2, 0) is 0 Å². The van der Waals surface area contributed by atoms with Gasteiger partial charge in [-0.3, -0.25) is 5.43 Å². The molecule has 2 rings (SSSR count). The van der Waals surface area contributed by atoms with Gasteiger partial charge in [-0.2, -0.15) is 5.10 Å². The molecule has 1 aliphatic rings. The van der Waals surface area contributed by atoms with Gasteiger partial charge in [0.15, 0.2) is 5.11 Å². The summed E-state index contributed by atoms with van der Waals surface area (Å²) in [6.45, 7) is 2.23. The number of hydrogen-bond acceptors (Lipinski definition) is 3. The van der Waals surface area contributed by atoms with E-state index >= 15 is 0 Å². The number of hydrazone groups is 1. The van der Waals surface area contributed by atoms with Crippen LogP contribution in [0.1, 0.15) is 30.8 Å². The second kappa shape index (κ2) is 4.65. The van der Waals surface area contributed by atoms with Gasteiger partial charge in [0.05, 0.1) is 6.21 Å². The Morgan fingerprint density at radius 2 is 2.38 bits per heavy atom. The van der Waals surface area contributed by atoms with Crippen molar-refractivity contribution in [1.82, 2.24) is 10.7 Å². The van der Waals surface area contributed by atoms with Crippen LogP contribution in [0.4, 0.5) is 0 Å². The molecule has 1 heterocycles. The monoisotopic (exact) mass is 237 g/mol. The lowest BCUT2D eigenvalue weighted by Crippen LogP contribution is -2.28. The van der Waals surface area contributed by atoms with Crippen LogP contribution in [0.25, 0.3) is 0 Å². The number of nitrogens with one attached hydrogen (secondary N) is 2. The molecular formula is C11H15N3OS. The van der Waals surface area contributed by atoms with Crippen molar-refractivity contribution < 1.29 is 4.42 Å². The van der Waals surface area contributed by atoms with Crippen LogP contribution in [0.5, 0.6) is 0 Å². The normalized spacial score (nSPS) is 23.4. The van der Waals surface area contributed by atoms with Crippen molar-refractivity contribution in [1.29, 1.82) is 0 Å². The summed E-state index contributed by atoms with van der Waals surface area (Å²) in [5, 5.41) is 7.20. The quantitative estimate of drug-likeness (QED) is 0.478. The van der Waals surface area contributed by atoms with E-state index < -0.39 is 0 Å². The van der Waals surface area contributed by atoms with Gasteiger partial charge in [-0.25, -0.2) is 0 Å². The molecule has 2 atom stereocenters. The smallest absolute Gasteiger partial charge is 0.186 e. The molecule has 0 aliphatic heterocycles. The summed E-state index contributed by atoms with van der Waals surface area (Å²) in [7, 11) is 1.74. The van der Waals surface area contributed by atoms with E-state index in [1.807, 2.05) is 12.1 Å². The summed E-state index contributed by atoms with van der Waals surface area (Å²) >= 11 is 4.88. The van der Waals surface area contributed by atoms with Crippen molar-refractivity contribution in [2.45, 2.75) is 19.3 Å². The molecule has 2 N–H and O–H groups in total. The molecule has 1 fully saturated rings. The van der Waals surface area contributed by atoms with Crippen molar-refractivity contribution >= 4 is 23.5 Å². The van der Waals surface area contributed by atoms with Gasteiger partial charge in [0.25, 0.3) is 0 Å². The first-order valence-corrected chi connectivity index (χ1v) is 5.72. The standard InChI is InChI=1S/C11H15N3OS/c1-7-5-9(7)10-4-3-8(15-10)6-13-14-11(16)12-2/h3-4,6-7,9H,5H2,1-2H3,(H2,12,14,16)/b13-6-/t7-,9-/m0/s1. The number of thiocarbonyl (C=S) groups is 1. The number of furan rings is 1. The minimum absolute atomic E-state index is 0.485. The topological polar surface area (TPSA) is 49.6 Å². The van der Waals surface area contributed by atoms with Crippen LogP contribution in [0.3, 0.4) is 0 Å². The van der Waals surface area contributed by atoms with Gasteiger partial charge in [0, 0.05) is 13.0 Å². The second-order valence-electron chi connectivity index (χ2n) is 4.01. The average molecular weight is 237 g/mol. The van der Waals surface area contributed by atoms with Gasteiger partial charge in [0.1, 0.15) is 11.5 Å². The first-order valence-electron chi connectivity index (χ1n) is 5.31. The van der Waals surface area contributed by atoms with Gasteiger partial charge >= 0.3 is 0 Å². The van der Waals surface area contributed by atoms with Crippen LogP contribution >= 0.6 is 12.2 Å². The van der Waals surface area contributed by atoms with Crippen molar-refractivity contribution in [3.05, 3.63) is 23.7 Å². The number of rotatable bonds is 3. The van der Waals surface area contributed by atoms with Crippen molar-refractivity contribution in [3.63, 3.8) is 0 Å². The van der Waals surface area contributed by atoms with E-state index in [1.54, 1.807) is 13.3 Å². The van der Waals surface area contributed by atoms with Gasteiger partial charge in [-0.1, -0.05) is 6.92 Å². The Morgan fingerprint density at radius 3 is 3.00 bits per heavy atom. The molecule has 0 radical (unpaired) electrons. The number of hydrogen-bond donors (Lipinski definition) is 2. The molecule has 1 aromatic heterocycles. The fourth-order valence-electron chi connectivity index (χ4n) is 1.57. The van der Waals surface area contributed by atoms with Crippen LogP contribution in [0, 0.1) is 5.92 Å². The zero-order valence-electron chi connectivity index (χ0n) is 9.36. The molecule has 4 nitrogen and oxygen atoms in total. The minimum atomic E-state index is 0.485. The minimum Gasteiger partial charge on any atom is -0.460 e. The lowest BCUT2D eigenvalue weighted by Gasteiger charge is -1.98. The molecule has 5 heteroatoms. The molecule has 86 valence electrons. The maximum absolute atomic E-state index is 5.64. The highest BCUT2D eigenvalue weighted by Gasteiger charge is 2.36. The first-order chi connectivity index (χ1) is 7.70. The van der Waals surface area contributed by atoms with Gasteiger partial charge in [-0.05, 0) is 36.7 Å². The Bertz CT molecular complexity index is 413. The van der Waals surface area contributed by atoms with Crippen LogP contribution in [0.2, 0.25) is 0 Å². The third-order valence-corrected chi connectivity index (χ3v) is 3.00. The molecule has 0 aromatic carbocycles. The highest BCUT2D eigenvalue weighted by molar-refractivity contribution is 7.80. The lowest BCUT2D eigenvalue weighted by molar-refractivity contribution is 0.500. The second-order valence-corrected chi connectivity index (χ2v) is 4.42. The van der Waals surface area contributed by atoms with Crippen molar-refractivity contribution in [2.24, 2.45) is 11.0 Å². The van der Waals surface area contributed by atoms with Crippen molar-refractivity contribution in [3.8, 4) is 0 Å². The maximum Gasteiger partial charge on any atom is 0.186 e. The predicted molar refractivity (Wildman–Crippen MR) is 67.6 cm³/mol. The maximum atomic E-state index is 5.64. The summed E-state index contributed by atoms with van der Waals surface area (Å²) in [5.74, 6) is 3.17. The Morgan fingerprint density at radius 1 is 1.62 bits per heavy atom. The van der Waals surface area contributed by atoms with Gasteiger partial charge in [0.2, 0.25) is 0 Å². The molecule has 16 heavy (non-hydrogen) atoms. The summed E-state index contributed by atoms with van der Waals surface area (Å²) in [6, 6.07) is 3.94. The zero-order chi connectivity index (χ0) is 11.5. The number of nitrogens with zero attached hydrogens (tertiary/aromatic N) is 1. The Kier molecular flexibility index (Phi) is 3.24. The highest BCUT2D eigenvalue weighted by Crippen LogP contribution is 2.47. The van der Waals surface area contributed by atoms with E-state index in [0.717, 1.165) is 17.4 Å². The van der Waals surface area contributed by atoms with Crippen LogP contribution in [0.15, 0.2) is 21.7 Å². The summed E-state index contributed by atoms with van der Waals surface area (Å²) in [6.07, 6.45) is 2.85. The van der Waals surface area contributed by atoms with E-state index in [0.29, 0.717) is 11.0 Å². The van der Waals surface area contributed by atoms with E-state index in [4.69, 9.17) is 16.6 Å². The lowest BCUT2D eigenvalue weighted by atomic mass is 10.3. The molecule has 0 spiro atoms. The highest BCUT2D eigenvalue weighted by atomic mass is 32.1. The molecule has 1 aromatic rings. The first kappa shape index (κ1) is 11.1. The molecule has 0 saturated heterocycles. The van der Waals surface area contributed by atoms with E-state index in [2.05, 4.69) is 22.8 Å². The third-order valence-electron chi connectivity index (χ3n) is 2.71. The summed E-state index contributed by atoms with van der Waals surface area (Å²) < 4.78 is 5.64. The van der Waals surface area contributed by atoms with Crippen LogP contribution in [-0.4, -0.2) is 18.4 Å². The van der Waals surface area contributed by atoms with Gasteiger partial charge < -0.3 is 9.73 Å². The van der Waals surface area contributed by atoms with Gasteiger partial charge in [-0.15, -0.1) is 0 Å². The zero-order valence-corrected chi connectivity index (χ0v) is 10.2. The molecule has 0 amide bonds. The molecule has 0 bridgehead atoms. The SMILES string of the molecule is CNC(=S)N/N=C\c1ccc([C@H]2C[C@@H]2C)o1. The predicted octanol–water partition coefficient (Wildman–Crippen LogP) is 1.83. The van der Waals surface area contributed by atoms with E-state index in [-0.39, 0.29) is 0 Å². The average Bonchev–Trinajstić information content (AvgIpc) is 2.82. The summed E-state index contributed by atoms with van der Waals surface area (Å²) in [4.78, 5) is 0. The Balaban J connectivity index is 1.90. The van der Waals surface area contributed by atoms with E-state index in [1.165, 1.54) is 6.42 Å². The fourth-order valence-corrected chi connectivity index (χ4v) is 1.62. The fraction of sp³-hybridized carbons (Fsp3) is 0.455. The molecule has 1 aliphatic carbocycles. The molecular weight excluding hydrogens is 222 g/mol. The summed E-state index contributed by atoms with van der Waals surface area (Å²) in [5.41, 5.74) is 2.67. The molecule has 1 saturated carbocycles. The van der Waals surface area contributed by atoms with Crippen LogP contribution < -0.4 is 10.7 Å². The largest absolute Gasteiger partial charge is 0.460 e.